The van der Waals surface area contributed by atoms with Gasteiger partial charge in [-0.05, 0) is 0 Å². The van der Waals surface area contributed by atoms with Crippen LogP contribution in [0.4, 0.5) is 0 Å². The van der Waals surface area contributed by atoms with Crippen molar-refractivity contribution in [2.24, 2.45) is 0 Å². The van der Waals surface area contributed by atoms with Gasteiger partial charge in [-0.25, -0.2) is 9.80 Å². The van der Waals surface area contributed by atoms with Crippen molar-refractivity contribution < 1.29 is 14.3 Å². The highest BCUT2D eigenvalue weighted by Gasteiger charge is 2.13. The van der Waals surface area contributed by atoms with E-state index in [4.69, 9.17) is 0 Å². The molecule has 0 bridgehead atoms. The standard InChI is InChI=1S/C13H16N2O3/c1-15(2)14-11(13(17)18-3)9-12(16)10-7-5-4-6-8-10/h4-9,14H,1-3H3/b11-9-. The SMILES string of the molecule is COC(=O)/C(=C/C(=O)c1ccccc1)NN(C)C. The van der Waals surface area contributed by atoms with E-state index in [0.29, 0.717) is 5.56 Å². The third kappa shape index (κ3) is 4.03. The highest BCUT2D eigenvalue weighted by molar-refractivity contribution is 6.08. The predicted octanol–water partition coefficient (Wildman–Crippen LogP) is 0.992. The molecule has 0 aliphatic heterocycles. The average Bonchev–Trinajstić information content (AvgIpc) is 2.37. The molecule has 0 aliphatic rings. The third-order valence-corrected chi connectivity index (χ3v) is 2.08. The average molecular weight is 248 g/mol. The number of nitrogens with zero attached hydrogens (tertiary/aromatic N) is 1. The van der Waals surface area contributed by atoms with Crippen LogP contribution in [0.3, 0.4) is 0 Å². The van der Waals surface area contributed by atoms with Crippen molar-refractivity contribution in [2.45, 2.75) is 0 Å². The van der Waals surface area contributed by atoms with Gasteiger partial charge in [0.1, 0.15) is 5.70 Å². The van der Waals surface area contributed by atoms with Crippen molar-refractivity contribution in [1.29, 1.82) is 0 Å². The number of carbonyl (C=O) groups is 2. The van der Waals surface area contributed by atoms with Gasteiger partial charge in [0.05, 0.1) is 7.11 Å². The fraction of sp³-hybridized carbons (Fsp3) is 0.231. The number of nitrogens with one attached hydrogen (secondary N) is 1. The molecule has 0 aliphatic carbocycles. The number of methoxy groups -OCH3 is 1. The van der Waals surface area contributed by atoms with Gasteiger partial charge in [0.2, 0.25) is 0 Å². The van der Waals surface area contributed by atoms with Gasteiger partial charge in [-0.15, -0.1) is 0 Å². The minimum Gasteiger partial charge on any atom is -0.464 e. The second-order valence-electron chi connectivity index (χ2n) is 3.79. The summed E-state index contributed by atoms with van der Waals surface area (Å²) in [4.78, 5) is 23.4. The summed E-state index contributed by atoms with van der Waals surface area (Å²) in [5, 5.41) is 1.56. The first-order valence-corrected chi connectivity index (χ1v) is 5.38. The molecule has 1 aromatic carbocycles. The van der Waals surface area contributed by atoms with Crippen LogP contribution in [-0.4, -0.2) is 38.0 Å². The van der Waals surface area contributed by atoms with Gasteiger partial charge in [-0.2, -0.15) is 0 Å². The quantitative estimate of drug-likeness (QED) is 0.364. The highest BCUT2D eigenvalue weighted by atomic mass is 16.5. The smallest absolute Gasteiger partial charge is 0.355 e. The molecule has 18 heavy (non-hydrogen) atoms. The largest absolute Gasteiger partial charge is 0.464 e. The van der Waals surface area contributed by atoms with Gasteiger partial charge < -0.3 is 10.2 Å². The number of rotatable bonds is 5. The lowest BCUT2D eigenvalue weighted by Crippen LogP contribution is -2.34. The first kappa shape index (κ1) is 13.9. The molecule has 5 nitrogen and oxygen atoms in total. The Hall–Kier alpha value is -2.14. The normalized spacial score (nSPS) is 11.2. The minimum atomic E-state index is -0.590. The molecule has 1 aromatic rings. The number of esters is 1. The van der Waals surface area contributed by atoms with Gasteiger partial charge in [0.15, 0.2) is 5.78 Å². The van der Waals surface area contributed by atoms with E-state index in [0.717, 1.165) is 0 Å². The Bertz CT molecular complexity index is 453. The van der Waals surface area contributed by atoms with Crippen molar-refractivity contribution in [2.75, 3.05) is 21.2 Å². The Morgan fingerprint density at radius 3 is 2.33 bits per heavy atom. The number of allylic oxidation sites excluding steroid dienone is 1. The van der Waals surface area contributed by atoms with Crippen LogP contribution in [0.15, 0.2) is 42.1 Å². The maximum atomic E-state index is 11.9. The maximum absolute atomic E-state index is 11.9. The van der Waals surface area contributed by atoms with E-state index in [-0.39, 0.29) is 11.5 Å². The zero-order valence-electron chi connectivity index (χ0n) is 10.6. The van der Waals surface area contributed by atoms with Gasteiger partial charge in [-0.1, -0.05) is 30.3 Å². The second kappa shape index (κ2) is 6.56. The molecule has 0 spiro atoms. The van der Waals surface area contributed by atoms with Crippen molar-refractivity contribution in [1.82, 2.24) is 10.4 Å². The Kier molecular flexibility index (Phi) is 5.07. The fourth-order valence-electron chi connectivity index (χ4n) is 1.30. The van der Waals surface area contributed by atoms with E-state index in [9.17, 15) is 9.59 Å². The van der Waals surface area contributed by atoms with Crippen LogP contribution >= 0.6 is 0 Å². The summed E-state index contributed by atoms with van der Waals surface area (Å²) in [6, 6.07) is 8.71. The molecule has 0 unspecified atom stereocenters. The van der Waals surface area contributed by atoms with Crippen LogP contribution in [0.5, 0.6) is 0 Å². The molecule has 0 aromatic heterocycles. The van der Waals surface area contributed by atoms with Gasteiger partial charge in [0, 0.05) is 25.7 Å². The molecular formula is C13H16N2O3. The molecule has 0 amide bonds. The van der Waals surface area contributed by atoms with Crippen molar-refractivity contribution in [3.05, 3.63) is 47.7 Å². The van der Waals surface area contributed by atoms with Crippen LogP contribution in [0.1, 0.15) is 10.4 Å². The van der Waals surface area contributed by atoms with E-state index in [1.54, 1.807) is 43.4 Å². The Labute approximate surface area is 106 Å². The topological polar surface area (TPSA) is 58.6 Å². The van der Waals surface area contributed by atoms with Crippen LogP contribution in [0.2, 0.25) is 0 Å². The molecule has 0 saturated heterocycles. The summed E-state index contributed by atoms with van der Waals surface area (Å²) in [7, 11) is 4.69. The molecule has 0 atom stereocenters. The van der Waals surface area contributed by atoms with Gasteiger partial charge >= 0.3 is 5.97 Å². The van der Waals surface area contributed by atoms with Crippen LogP contribution in [-0.2, 0) is 9.53 Å². The second-order valence-corrected chi connectivity index (χ2v) is 3.79. The van der Waals surface area contributed by atoms with Crippen LogP contribution in [0.25, 0.3) is 0 Å². The zero-order chi connectivity index (χ0) is 13.5. The summed E-state index contributed by atoms with van der Waals surface area (Å²) in [6.07, 6.45) is 1.22. The van der Waals surface area contributed by atoms with Crippen molar-refractivity contribution >= 4 is 11.8 Å². The molecular weight excluding hydrogens is 232 g/mol. The number of carbonyl (C=O) groups excluding carboxylic acids is 2. The summed E-state index contributed by atoms with van der Waals surface area (Å²) < 4.78 is 4.60. The summed E-state index contributed by atoms with van der Waals surface area (Å²) in [6.45, 7) is 0. The summed E-state index contributed by atoms with van der Waals surface area (Å²) in [5.74, 6) is -0.849. The summed E-state index contributed by atoms with van der Waals surface area (Å²) in [5.41, 5.74) is 3.34. The zero-order valence-corrected chi connectivity index (χ0v) is 10.6. The number of ketones is 1. The Morgan fingerprint density at radius 2 is 1.83 bits per heavy atom. The molecule has 0 fully saturated rings. The molecule has 0 radical (unpaired) electrons. The van der Waals surface area contributed by atoms with Crippen LogP contribution in [0, 0.1) is 0 Å². The fourth-order valence-corrected chi connectivity index (χ4v) is 1.30. The van der Waals surface area contributed by atoms with Crippen LogP contribution < -0.4 is 5.43 Å². The lowest BCUT2D eigenvalue weighted by atomic mass is 10.1. The molecule has 96 valence electrons. The predicted molar refractivity (Wildman–Crippen MR) is 67.7 cm³/mol. The van der Waals surface area contributed by atoms with Crippen molar-refractivity contribution in [3.8, 4) is 0 Å². The van der Waals surface area contributed by atoms with E-state index in [1.165, 1.54) is 13.2 Å². The third-order valence-electron chi connectivity index (χ3n) is 2.08. The summed E-state index contributed by atoms with van der Waals surface area (Å²) >= 11 is 0. The molecule has 0 saturated carbocycles. The molecule has 1 rings (SSSR count). The lowest BCUT2D eigenvalue weighted by molar-refractivity contribution is -0.137. The lowest BCUT2D eigenvalue weighted by Gasteiger charge is -2.14. The van der Waals surface area contributed by atoms with Crippen molar-refractivity contribution in [3.63, 3.8) is 0 Å². The molecule has 1 N–H and O–H groups in total. The first-order valence-electron chi connectivity index (χ1n) is 5.38. The van der Waals surface area contributed by atoms with E-state index in [1.807, 2.05) is 6.07 Å². The van der Waals surface area contributed by atoms with Gasteiger partial charge in [-0.3, -0.25) is 4.79 Å². The number of benzene rings is 1. The van der Waals surface area contributed by atoms with Gasteiger partial charge in [0.25, 0.3) is 0 Å². The van der Waals surface area contributed by atoms with E-state index < -0.39 is 5.97 Å². The number of hydrogen-bond acceptors (Lipinski definition) is 5. The Morgan fingerprint density at radius 1 is 1.22 bits per heavy atom. The Balaban J connectivity index is 2.94. The minimum absolute atomic E-state index is 0.0938. The van der Waals surface area contributed by atoms with E-state index >= 15 is 0 Å². The maximum Gasteiger partial charge on any atom is 0.355 e. The number of hydrogen-bond donors (Lipinski definition) is 1. The number of hydrazine groups is 1. The molecule has 5 heteroatoms. The first-order chi connectivity index (χ1) is 8.54. The number of ether oxygens (including phenoxy) is 1. The molecule has 0 heterocycles. The highest BCUT2D eigenvalue weighted by Crippen LogP contribution is 2.03. The van der Waals surface area contributed by atoms with E-state index in [2.05, 4.69) is 10.2 Å². The monoisotopic (exact) mass is 248 g/mol.